The van der Waals surface area contributed by atoms with E-state index in [4.69, 9.17) is 21.1 Å². The molecule has 0 saturated carbocycles. The van der Waals surface area contributed by atoms with E-state index in [0.29, 0.717) is 41.4 Å². The smallest absolute Gasteiger partial charge is 0.229 e. The van der Waals surface area contributed by atoms with Crippen LogP contribution in [-0.4, -0.2) is 57.7 Å². The number of hydrogen-bond donors (Lipinski definition) is 2. The van der Waals surface area contributed by atoms with Gasteiger partial charge in [-0.05, 0) is 37.6 Å². The minimum Gasteiger partial charge on any atom is -0.497 e. The first-order valence-electron chi connectivity index (χ1n) is 10.3. The maximum absolute atomic E-state index is 12.7. The zero-order chi connectivity index (χ0) is 24.0. The van der Waals surface area contributed by atoms with Gasteiger partial charge >= 0.3 is 0 Å². The van der Waals surface area contributed by atoms with Gasteiger partial charge in [-0.3, -0.25) is 0 Å². The Kier molecular flexibility index (Phi) is 8.19. The van der Waals surface area contributed by atoms with E-state index in [-0.39, 0.29) is 0 Å². The van der Waals surface area contributed by atoms with Crippen molar-refractivity contribution in [2.45, 2.75) is 0 Å². The molecule has 0 aliphatic carbocycles. The van der Waals surface area contributed by atoms with Crippen LogP contribution in [0.25, 0.3) is 0 Å². The number of benzene rings is 2. The molecule has 0 aliphatic heterocycles. The standard InChI is InChI=1S/C23H29ClN5O3P/c1-29(12-13-31-2)20-11-10-16(32-3)14-19(20)27-23-25-15-17(24)22(28-23)26-18-8-6-7-9-21(18)33(4,5)30/h6-11,14-15H,12-13H2,1-5H3,(H2,25,26,27,28). The quantitative estimate of drug-likeness (QED) is 0.386. The van der Waals surface area contributed by atoms with E-state index in [1.807, 2.05) is 49.5 Å². The van der Waals surface area contributed by atoms with Crippen molar-refractivity contribution in [2.75, 3.05) is 63.3 Å². The Labute approximate surface area is 199 Å². The monoisotopic (exact) mass is 489 g/mol. The number of hydrogen-bond acceptors (Lipinski definition) is 8. The normalized spacial score (nSPS) is 11.2. The van der Waals surface area contributed by atoms with Crippen LogP contribution < -0.4 is 25.6 Å². The minimum atomic E-state index is -2.50. The van der Waals surface area contributed by atoms with Gasteiger partial charge in [0.15, 0.2) is 5.82 Å². The molecule has 0 saturated heterocycles. The van der Waals surface area contributed by atoms with E-state index in [9.17, 15) is 4.57 Å². The van der Waals surface area contributed by atoms with Crippen molar-refractivity contribution in [3.05, 3.63) is 53.7 Å². The molecule has 8 nitrogen and oxygen atoms in total. The van der Waals surface area contributed by atoms with Crippen molar-refractivity contribution in [1.82, 2.24) is 9.97 Å². The molecular formula is C23H29ClN5O3P. The third kappa shape index (κ3) is 6.38. The Balaban J connectivity index is 1.93. The molecular weight excluding hydrogens is 461 g/mol. The van der Waals surface area contributed by atoms with Gasteiger partial charge < -0.3 is 29.6 Å². The van der Waals surface area contributed by atoms with Gasteiger partial charge in [-0.2, -0.15) is 4.98 Å². The highest BCUT2D eigenvalue weighted by Gasteiger charge is 2.17. The first kappa shape index (κ1) is 24.8. The molecule has 3 rings (SSSR count). The van der Waals surface area contributed by atoms with E-state index in [1.165, 1.54) is 6.20 Å². The van der Waals surface area contributed by atoms with Crippen LogP contribution in [0.2, 0.25) is 5.02 Å². The summed E-state index contributed by atoms with van der Waals surface area (Å²) in [4.78, 5) is 11.0. The largest absolute Gasteiger partial charge is 0.497 e. The Morgan fingerprint density at radius 3 is 2.55 bits per heavy atom. The number of likely N-dealkylation sites (N-methyl/N-ethyl adjacent to an activating group) is 1. The molecule has 0 spiro atoms. The first-order valence-corrected chi connectivity index (χ1v) is 13.3. The number of rotatable bonds is 10. The number of nitrogens with one attached hydrogen (secondary N) is 2. The summed E-state index contributed by atoms with van der Waals surface area (Å²) in [7, 11) is 2.76. The highest BCUT2D eigenvalue weighted by molar-refractivity contribution is 7.70. The van der Waals surface area contributed by atoms with Crippen LogP contribution in [0.15, 0.2) is 48.7 Å². The summed E-state index contributed by atoms with van der Waals surface area (Å²) < 4.78 is 23.3. The summed E-state index contributed by atoms with van der Waals surface area (Å²) in [5, 5.41) is 7.55. The molecule has 1 heterocycles. The predicted octanol–water partition coefficient (Wildman–Crippen LogP) is 4.96. The average Bonchev–Trinajstić information content (AvgIpc) is 2.79. The average molecular weight is 490 g/mol. The van der Waals surface area contributed by atoms with Gasteiger partial charge in [-0.1, -0.05) is 23.7 Å². The number of para-hydroxylation sites is 1. The van der Waals surface area contributed by atoms with E-state index >= 15 is 0 Å². The van der Waals surface area contributed by atoms with Crippen molar-refractivity contribution < 1.29 is 14.0 Å². The lowest BCUT2D eigenvalue weighted by Crippen LogP contribution is -2.23. The first-order chi connectivity index (χ1) is 15.7. The van der Waals surface area contributed by atoms with Crippen LogP contribution in [-0.2, 0) is 9.30 Å². The van der Waals surface area contributed by atoms with Gasteiger partial charge in [-0.15, -0.1) is 0 Å². The molecule has 10 heteroatoms. The predicted molar refractivity (Wildman–Crippen MR) is 137 cm³/mol. The van der Waals surface area contributed by atoms with E-state index in [0.717, 1.165) is 16.7 Å². The molecule has 3 aromatic rings. The fourth-order valence-electron chi connectivity index (χ4n) is 3.24. The lowest BCUT2D eigenvalue weighted by molar-refractivity contribution is 0.206. The molecule has 0 aliphatic rings. The Bertz CT molecular complexity index is 1150. The van der Waals surface area contributed by atoms with Gasteiger partial charge in [0.25, 0.3) is 0 Å². The number of halogens is 1. The van der Waals surface area contributed by atoms with Gasteiger partial charge in [0, 0.05) is 32.1 Å². The molecule has 0 radical (unpaired) electrons. The summed E-state index contributed by atoms with van der Waals surface area (Å²) >= 11 is 6.38. The topological polar surface area (TPSA) is 88.6 Å². The van der Waals surface area contributed by atoms with E-state index in [2.05, 4.69) is 25.5 Å². The second-order valence-electron chi connectivity index (χ2n) is 7.81. The van der Waals surface area contributed by atoms with Gasteiger partial charge in [-0.25, -0.2) is 4.98 Å². The number of nitrogens with zero attached hydrogens (tertiary/aromatic N) is 3. The highest BCUT2D eigenvalue weighted by Crippen LogP contribution is 2.39. The molecule has 176 valence electrons. The second kappa shape index (κ2) is 10.9. The third-order valence-corrected chi connectivity index (χ3v) is 6.80. The van der Waals surface area contributed by atoms with Gasteiger partial charge in [0.1, 0.15) is 17.9 Å². The fraction of sp³-hybridized carbons (Fsp3) is 0.304. The Hall–Kier alpha value is -2.80. The molecule has 2 aromatic carbocycles. The molecule has 0 fully saturated rings. The summed E-state index contributed by atoms with van der Waals surface area (Å²) in [5.41, 5.74) is 2.40. The lowest BCUT2D eigenvalue weighted by Gasteiger charge is -2.23. The van der Waals surface area contributed by atoms with Crippen molar-refractivity contribution in [2.24, 2.45) is 0 Å². The maximum atomic E-state index is 12.7. The zero-order valence-corrected chi connectivity index (χ0v) is 21.1. The van der Waals surface area contributed by atoms with E-state index < -0.39 is 7.14 Å². The molecule has 1 aromatic heterocycles. The second-order valence-corrected chi connectivity index (χ2v) is 11.4. The molecule has 0 bridgehead atoms. The number of methoxy groups -OCH3 is 2. The van der Waals surface area contributed by atoms with Crippen LogP contribution in [0.5, 0.6) is 5.75 Å². The van der Waals surface area contributed by atoms with Gasteiger partial charge in [0.05, 0.1) is 37.0 Å². The van der Waals surface area contributed by atoms with Crippen LogP contribution >= 0.6 is 18.7 Å². The number of ether oxygens (including phenoxy) is 2. The van der Waals surface area contributed by atoms with Crippen LogP contribution in [0.3, 0.4) is 0 Å². The number of aromatic nitrogens is 2. The fourth-order valence-corrected chi connectivity index (χ4v) is 4.53. The summed E-state index contributed by atoms with van der Waals surface area (Å²) in [6, 6.07) is 13.2. The van der Waals surface area contributed by atoms with Crippen LogP contribution in [0.1, 0.15) is 0 Å². The molecule has 33 heavy (non-hydrogen) atoms. The van der Waals surface area contributed by atoms with Crippen molar-refractivity contribution in [3.8, 4) is 5.75 Å². The van der Waals surface area contributed by atoms with Crippen molar-refractivity contribution in [3.63, 3.8) is 0 Å². The molecule has 0 amide bonds. The Morgan fingerprint density at radius 2 is 1.85 bits per heavy atom. The lowest BCUT2D eigenvalue weighted by atomic mass is 10.2. The SMILES string of the molecule is COCCN(C)c1ccc(OC)cc1Nc1ncc(Cl)c(Nc2ccccc2P(C)(C)=O)n1. The summed E-state index contributed by atoms with van der Waals surface area (Å²) in [6.07, 6.45) is 1.52. The highest BCUT2D eigenvalue weighted by atomic mass is 35.5. The summed E-state index contributed by atoms with van der Waals surface area (Å²) in [6.45, 7) is 4.75. The molecule has 2 N–H and O–H groups in total. The van der Waals surface area contributed by atoms with Crippen molar-refractivity contribution in [1.29, 1.82) is 0 Å². The summed E-state index contributed by atoms with van der Waals surface area (Å²) in [5.74, 6) is 1.46. The van der Waals surface area contributed by atoms with Crippen LogP contribution in [0.4, 0.5) is 28.8 Å². The molecule has 0 atom stereocenters. The number of anilines is 5. The van der Waals surface area contributed by atoms with Gasteiger partial charge in [0.2, 0.25) is 5.95 Å². The third-order valence-electron chi connectivity index (χ3n) is 4.97. The van der Waals surface area contributed by atoms with E-state index in [1.54, 1.807) is 27.5 Å². The molecule has 0 unspecified atom stereocenters. The minimum absolute atomic E-state index is 0.348. The maximum Gasteiger partial charge on any atom is 0.229 e. The van der Waals surface area contributed by atoms with Crippen molar-refractivity contribution >= 4 is 52.9 Å². The zero-order valence-electron chi connectivity index (χ0n) is 19.4. The Morgan fingerprint density at radius 1 is 1.09 bits per heavy atom. The van der Waals surface area contributed by atoms with Crippen LogP contribution in [0, 0.1) is 0 Å².